The molecule has 0 atom stereocenters. The van der Waals surface area contributed by atoms with E-state index in [9.17, 15) is 0 Å². The second kappa shape index (κ2) is 6.46. The number of rotatable bonds is 5. The number of nitrogens with one attached hydrogen (secondary N) is 1. The summed E-state index contributed by atoms with van der Waals surface area (Å²) in [5.74, 6) is 0.697. The Hall–Kier alpha value is -0.970. The third-order valence-corrected chi connectivity index (χ3v) is 3.70. The van der Waals surface area contributed by atoms with E-state index in [1.165, 1.54) is 11.3 Å². The summed E-state index contributed by atoms with van der Waals surface area (Å²) in [7, 11) is 0. The van der Waals surface area contributed by atoms with E-state index in [4.69, 9.17) is 27.9 Å². The van der Waals surface area contributed by atoms with Gasteiger partial charge in [-0.25, -0.2) is 4.98 Å². The maximum atomic E-state index is 6.16. The predicted octanol–water partition coefficient (Wildman–Crippen LogP) is 4.85. The number of benzene rings is 1. The van der Waals surface area contributed by atoms with Crippen molar-refractivity contribution in [1.82, 2.24) is 4.98 Å². The highest BCUT2D eigenvalue weighted by Crippen LogP contribution is 2.29. The molecule has 1 heterocycles. The summed E-state index contributed by atoms with van der Waals surface area (Å²) in [6.07, 6.45) is 1.87. The molecule has 2 rings (SSSR count). The first kappa shape index (κ1) is 14.4. The molecule has 0 fully saturated rings. The van der Waals surface area contributed by atoms with Gasteiger partial charge in [-0.05, 0) is 32.0 Å². The number of thiazole rings is 1. The van der Waals surface area contributed by atoms with Crippen LogP contribution in [-0.4, -0.2) is 11.1 Å². The Kier molecular flexibility index (Phi) is 4.91. The van der Waals surface area contributed by atoms with Crippen molar-refractivity contribution in [2.45, 2.75) is 26.5 Å². The van der Waals surface area contributed by atoms with Gasteiger partial charge in [-0.2, -0.15) is 0 Å². The molecule has 0 aliphatic heterocycles. The van der Waals surface area contributed by atoms with E-state index in [0.29, 0.717) is 21.8 Å². The first-order chi connectivity index (χ1) is 9.04. The average molecular weight is 317 g/mol. The van der Waals surface area contributed by atoms with Gasteiger partial charge >= 0.3 is 0 Å². The third kappa shape index (κ3) is 4.27. The molecule has 0 amide bonds. The van der Waals surface area contributed by atoms with E-state index in [2.05, 4.69) is 10.3 Å². The number of anilines is 1. The summed E-state index contributed by atoms with van der Waals surface area (Å²) in [5, 5.41) is 3.87. The molecule has 0 radical (unpaired) electrons. The molecule has 0 aliphatic carbocycles. The van der Waals surface area contributed by atoms with Gasteiger partial charge in [-0.1, -0.05) is 23.2 Å². The first-order valence-corrected chi connectivity index (χ1v) is 7.42. The number of hydrogen-bond donors (Lipinski definition) is 1. The van der Waals surface area contributed by atoms with Crippen LogP contribution in [-0.2, 0) is 6.54 Å². The van der Waals surface area contributed by atoms with Crippen molar-refractivity contribution in [2.75, 3.05) is 5.32 Å². The summed E-state index contributed by atoms with van der Waals surface area (Å²) in [6.45, 7) is 4.61. The van der Waals surface area contributed by atoms with Gasteiger partial charge in [-0.3, -0.25) is 0 Å². The number of halogens is 2. The number of nitrogens with zero attached hydrogens (tertiary/aromatic N) is 1. The van der Waals surface area contributed by atoms with Crippen LogP contribution >= 0.6 is 34.5 Å². The number of hydrogen-bond acceptors (Lipinski definition) is 4. The fourth-order valence-corrected chi connectivity index (χ4v) is 2.66. The van der Waals surface area contributed by atoms with Gasteiger partial charge < -0.3 is 10.1 Å². The van der Waals surface area contributed by atoms with Crippen molar-refractivity contribution in [3.63, 3.8) is 0 Å². The van der Waals surface area contributed by atoms with Crippen LogP contribution in [0.3, 0.4) is 0 Å². The van der Waals surface area contributed by atoms with E-state index in [0.717, 1.165) is 10.6 Å². The molecule has 0 unspecified atom stereocenters. The number of aromatic nitrogens is 1. The lowest BCUT2D eigenvalue weighted by atomic mass is 10.3. The molecule has 0 bridgehead atoms. The molecule has 0 saturated heterocycles. The molecule has 0 aliphatic rings. The van der Waals surface area contributed by atoms with Crippen molar-refractivity contribution in [2.24, 2.45) is 0 Å². The molecular formula is C13H14Cl2N2OS. The minimum absolute atomic E-state index is 0.107. The Balaban J connectivity index is 1.99. The minimum atomic E-state index is 0.107. The van der Waals surface area contributed by atoms with Gasteiger partial charge in [0.25, 0.3) is 0 Å². The van der Waals surface area contributed by atoms with Crippen LogP contribution in [0.5, 0.6) is 5.75 Å². The molecule has 2 aromatic rings. The molecule has 1 N–H and O–H groups in total. The zero-order chi connectivity index (χ0) is 13.8. The SMILES string of the molecule is CC(C)Oc1ccc(NCc2cnc(Cl)s2)cc1Cl. The van der Waals surface area contributed by atoms with Crippen LogP contribution in [0.15, 0.2) is 24.4 Å². The fourth-order valence-electron chi connectivity index (χ4n) is 1.51. The maximum Gasteiger partial charge on any atom is 0.183 e. The van der Waals surface area contributed by atoms with Gasteiger partial charge in [0.15, 0.2) is 4.47 Å². The van der Waals surface area contributed by atoms with Crippen LogP contribution in [0, 0.1) is 0 Å². The topological polar surface area (TPSA) is 34.1 Å². The molecule has 1 aromatic heterocycles. The first-order valence-electron chi connectivity index (χ1n) is 5.85. The van der Waals surface area contributed by atoms with Crippen LogP contribution in [0.1, 0.15) is 18.7 Å². The lowest BCUT2D eigenvalue weighted by molar-refractivity contribution is 0.242. The Labute approximate surface area is 126 Å². The van der Waals surface area contributed by atoms with E-state index in [-0.39, 0.29) is 6.10 Å². The van der Waals surface area contributed by atoms with E-state index in [1.54, 1.807) is 6.20 Å². The second-order valence-corrected chi connectivity index (χ2v) is 6.35. The molecule has 3 nitrogen and oxygen atoms in total. The fraction of sp³-hybridized carbons (Fsp3) is 0.308. The molecule has 0 spiro atoms. The van der Waals surface area contributed by atoms with Crippen molar-refractivity contribution in [3.8, 4) is 5.75 Å². The lowest BCUT2D eigenvalue weighted by Gasteiger charge is -2.12. The van der Waals surface area contributed by atoms with Crippen molar-refractivity contribution >= 4 is 40.2 Å². The zero-order valence-electron chi connectivity index (χ0n) is 10.6. The van der Waals surface area contributed by atoms with Gasteiger partial charge in [0.05, 0.1) is 17.7 Å². The third-order valence-electron chi connectivity index (χ3n) is 2.29. The summed E-state index contributed by atoms with van der Waals surface area (Å²) in [5.41, 5.74) is 0.936. The summed E-state index contributed by atoms with van der Waals surface area (Å²) in [4.78, 5) is 5.06. The second-order valence-electron chi connectivity index (χ2n) is 4.24. The van der Waals surface area contributed by atoms with Crippen molar-refractivity contribution < 1.29 is 4.74 Å². The Morgan fingerprint density at radius 1 is 1.37 bits per heavy atom. The normalized spacial score (nSPS) is 10.8. The molecule has 19 heavy (non-hydrogen) atoms. The largest absolute Gasteiger partial charge is 0.489 e. The van der Waals surface area contributed by atoms with Gasteiger partial charge in [0.2, 0.25) is 0 Å². The maximum absolute atomic E-state index is 6.16. The van der Waals surface area contributed by atoms with E-state index >= 15 is 0 Å². The molecule has 1 aromatic carbocycles. The molecule has 0 saturated carbocycles. The van der Waals surface area contributed by atoms with Crippen molar-refractivity contribution in [3.05, 3.63) is 38.8 Å². The van der Waals surface area contributed by atoms with Crippen LogP contribution in [0.2, 0.25) is 9.49 Å². The zero-order valence-corrected chi connectivity index (χ0v) is 12.9. The van der Waals surface area contributed by atoms with Crippen LogP contribution in [0.25, 0.3) is 0 Å². The molecule has 6 heteroatoms. The van der Waals surface area contributed by atoms with Gasteiger partial charge in [0, 0.05) is 16.8 Å². The lowest BCUT2D eigenvalue weighted by Crippen LogP contribution is -2.06. The Bertz CT molecular complexity index is 557. The minimum Gasteiger partial charge on any atom is -0.489 e. The molecule has 102 valence electrons. The highest BCUT2D eigenvalue weighted by Gasteiger charge is 2.05. The monoisotopic (exact) mass is 316 g/mol. The van der Waals surface area contributed by atoms with E-state index in [1.807, 2.05) is 32.0 Å². The van der Waals surface area contributed by atoms with Crippen LogP contribution in [0.4, 0.5) is 5.69 Å². The predicted molar refractivity (Wildman–Crippen MR) is 81.7 cm³/mol. The molecular weight excluding hydrogens is 303 g/mol. The number of ether oxygens (including phenoxy) is 1. The Morgan fingerprint density at radius 3 is 2.74 bits per heavy atom. The quantitative estimate of drug-likeness (QED) is 0.856. The van der Waals surface area contributed by atoms with Crippen LogP contribution < -0.4 is 10.1 Å². The smallest absolute Gasteiger partial charge is 0.183 e. The van der Waals surface area contributed by atoms with E-state index < -0.39 is 0 Å². The van der Waals surface area contributed by atoms with Gasteiger partial charge in [0.1, 0.15) is 5.75 Å². The Morgan fingerprint density at radius 2 is 2.16 bits per heavy atom. The highest BCUT2D eigenvalue weighted by molar-refractivity contribution is 7.15. The average Bonchev–Trinajstić information content (AvgIpc) is 2.75. The standard InChI is InChI=1S/C13H14Cl2N2OS/c1-8(2)18-12-4-3-9(5-11(12)14)16-6-10-7-17-13(15)19-10/h3-5,7-8,16H,6H2,1-2H3. The van der Waals surface area contributed by atoms with Gasteiger partial charge in [-0.15, -0.1) is 11.3 Å². The summed E-state index contributed by atoms with van der Waals surface area (Å²) in [6, 6.07) is 5.65. The summed E-state index contributed by atoms with van der Waals surface area (Å²) >= 11 is 13.4. The van der Waals surface area contributed by atoms with Crippen molar-refractivity contribution in [1.29, 1.82) is 0 Å². The highest BCUT2D eigenvalue weighted by atomic mass is 35.5. The summed E-state index contributed by atoms with van der Waals surface area (Å²) < 4.78 is 6.13.